The molecule has 0 N–H and O–H groups in total. The summed E-state index contributed by atoms with van der Waals surface area (Å²) in [5.41, 5.74) is 0.692. The van der Waals surface area contributed by atoms with E-state index in [0.29, 0.717) is 37.7 Å². The number of ether oxygens (including phenoxy) is 2. The van der Waals surface area contributed by atoms with Gasteiger partial charge >= 0.3 is 0 Å². The number of hydrogen-bond donors (Lipinski definition) is 0. The molecule has 1 fully saturated rings. The standard InChI is InChI=1S/C20H22N4O4S/c1-2-27-19-10-6-7-11-20(19)29(25,26)23-13-17(14-23)24-12-16(21-22-24)15-28-18-8-4-3-5-9-18/h3-12,17H,2,13-15H2,1H3. The van der Waals surface area contributed by atoms with Gasteiger partial charge in [0, 0.05) is 13.1 Å². The summed E-state index contributed by atoms with van der Waals surface area (Å²) in [4.78, 5) is 0.191. The third-order valence-electron chi connectivity index (χ3n) is 4.66. The van der Waals surface area contributed by atoms with Crippen molar-refractivity contribution in [1.82, 2.24) is 19.3 Å². The Kier molecular flexibility index (Phi) is 5.50. The number of hydrogen-bond acceptors (Lipinski definition) is 6. The van der Waals surface area contributed by atoms with E-state index in [0.717, 1.165) is 5.75 Å². The van der Waals surface area contributed by atoms with Crippen molar-refractivity contribution < 1.29 is 17.9 Å². The van der Waals surface area contributed by atoms with Gasteiger partial charge < -0.3 is 9.47 Å². The maximum atomic E-state index is 12.9. The zero-order valence-electron chi connectivity index (χ0n) is 16.0. The van der Waals surface area contributed by atoms with Crippen molar-refractivity contribution in [3.05, 3.63) is 66.5 Å². The normalized spacial score (nSPS) is 15.1. The predicted octanol–water partition coefficient (Wildman–Crippen LogP) is 2.50. The van der Waals surface area contributed by atoms with Gasteiger partial charge in [0.1, 0.15) is 28.7 Å². The number of benzene rings is 2. The van der Waals surface area contributed by atoms with E-state index in [1.54, 1.807) is 35.1 Å². The predicted molar refractivity (Wildman–Crippen MR) is 106 cm³/mol. The molecule has 2 heterocycles. The van der Waals surface area contributed by atoms with Crippen molar-refractivity contribution >= 4 is 10.0 Å². The number of para-hydroxylation sites is 2. The molecular weight excluding hydrogens is 392 g/mol. The zero-order chi connectivity index (χ0) is 20.3. The van der Waals surface area contributed by atoms with Gasteiger partial charge in [-0.25, -0.2) is 13.1 Å². The van der Waals surface area contributed by atoms with E-state index in [4.69, 9.17) is 9.47 Å². The number of rotatable bonds is 8. The fourth-order valence-corrected chi connectivity index (χ4v) is 4.74. The monoisotopic (exact) mass is 414 g/mol. The molecule has 2 aromatic carbocycles. The lowest BCUT2D eigenvalue weighted by molar-refractivity contribution is 0.188. The minimum atomic E-state index is -3.61. The Bertz CT molecular complexity index is 1060. The van der Waals surface area contributed by atoms with Gasteiger partial charge in [-0.1, -0.05) is 35.5 Å². The summed E-state index contributed by atoms with van der Waals surface area (Å²) < 4.78 is 40.1. The minimum Gasteiger partial charge on any atom is -0.492 e. The molecule has 152 valence electrons. The van der Waals surface area contributed by atoms with Crippen molar-refractivity contribution in [2.24, 2.45) is 0 Å². The molecule has 0 amide bonds. The Labute approximate surface area is 169 Å². The van der Waals surface area contributed by atoms with E-state index >= 15 is 0 Å². The highest BCUT2D eigenvalue weighted by molar-refractivity contribution is 7.89. The van der Waals surface area contributed by atoms with E-state index in [-0.39, 0.29) is 10.9 Å². The Morgan fingerprint density at radius 1 is 1.03 bits per heavy atom. The Balaban J connectivity index is 1.38. The van der Waals surface area contributed by atoms with Crippen LogP contribution >= 0.6 is 0 Å². The summed E-state index contributed by atoms with van der Waals surface area (Å²) in [6.07, 6.45) is 1.80. The van der Waals surface area contributed by atoms with Crippen LogP contribution in [-0.2, 0) is 16.6 Å². The lowest BCUT2D eigenvalue weighted by atomic mass is 10.2. The topological polar surface area (TPSA) is 86.6 Å². The fraction of sp³-hybridized carbons (Fsp3) is 0.300. The number of sulfonamides is 1. The van der Waals surface area contributed by atoms with Crippen molar-refractivity contribution in [2.45, 2.75) is 24.5 Å². The van der Waals surface area contributed by atoms with Crippen molar-refractivity contribution in [3.8, 4) is 11.5 Å². The second kappa shape index (κ2) is 8.22. The Morgan fingerprint density at radius 2 is 1.76 bits per heavy atom. The van der Waals surface area contributed by atoms with E-state index < -0.39 is 10.0 Å². The van der Waals surface area contributed by atoms with Crippen molar-refractivity contribution in [1.29, 1.82) is 0 Å². The van der Waals surface area contributed by atoms with Crippen LogP contribution in [0.1, 0.15) is 18.7 Å². The molecule has 0 atom stereocenters. The molecule has 1 aromatic heterocycles. The molecule has 0 spiro atoms. The van der Waals surface area contributed by atoms with E-state index in [9.17, 15) is 8.42 Å². The molecule has 9 heteroatoms. The van der Waals surface area contributed by atoms with E-state index in [1.165, 1.54) is 4.31 Å². The highest BCUT2D eigenvalue weighted by Gasteiger charge is 2.39. The quantitative estimate of drug-likeness (QED) is 0.563. The van der Waals surface area contributed by atoms with Crippen molar-refractivity contribution in [3.63, 3.8) is 0 Å². The third kappa shape index (κ3) is 4.10. The first kappa shape index (κ1) is 19.4. The van der Waals surface area contributed by atoms with Gasteiger partial charge in [0.15, 0.2) is 0 Å². The summed E-state index contributed by atoms with van der Waals surface area (Å²) >= 11 is 0. The molecule has 29 heavy (non-hydrogen) atoms. The van der Waals surface area contributed by atoms with E-state index in [2.05, 4.69) is 10.3 Å². The third-order valence-corrected chi connectivity index (χ3v) is 6.53. The van der Waals surface area contributed by atoms with Gasteiger partial charge in [-0.2, -0.15) is 4.31 Å². The van der Waals surface area contributed by atoms with Crippen LogP contribution < -0.4 is 9.47 Å². The van der Waals surface area contributed by atoms with Gasteiger partial charge in [0.05, 0.1) is 18.8 Å². The summed E-state index contributed by atoms with van der Waals surface area (Å²) in [5, 5.41) is 8.25. The molecule has 1 saturated heterocycles. The molecule has 0 unspecified atom stereocenters. The van der Waals surface area contributed by atoms with Crippen LogP contribution in [0.25, 0.3) is 0 Å². The van der Waals surface area contributed by atoms with Crippen LogP contribution in [0.15, 0.2) is 65.7 Å². The molecular formula is C20H22N4O4S. The molecule has 1 aliphatic heterocycles. The summed E-state index contributed by atoms with van der Waals surface area (Å²) in [6.45, 7) is 3.21. The number of nitrogens with zero attached hydrogens (tertiary/aromatic N) is 4. The molecule has 0 saturated carbocycles. The van der Waals surface area contributed by atoms with Gasteiger partial charge in [-0.15, -0.1) is 5.10 Å². The maximum absolute atomic E-state index is 12.9. The first-order valence-electron chi connectivity index (χ1n) is 9.38. The van der Waals surface area contributed by atoms with Crippen LogP contribution in [0.5, 0.6) is 11.5 Å². The molecule has 8 nitrogen and oxygen atoms in total. The molecule has 3 aromatic rings. The summed E-state index contributed by atoms with van der Waals surface area (Å²) in [7, 11) is -3.61. The maximum Gasteiger partial charge on any atom is 0.246 e. The fourth-order valence-electron chi connectivity index (χ4n) is 3.09. The number of aromatic nitrogens is 3. The summed E-state index contributed by atoms with van der Waals surface area (Å²) in [6, 6.07) is 16.1. The molecule has 0 aliphatic carbocycles. The minimum absolute atomic E-state index is 0.0537. The second-order valence-corrected chi connectivity index (χ2v) is 8.55. The average molecular weight is 414 g/mol. The highest BCUT2D eigenvalue weighted by Crippen LogP contribution is 2.32. The molecule has 4 rings (SSSR count). The van der Waals surface area contributed by atoms with Crippen LogP contribution in [0.4, 0.5) is 0 Å². The van der Waals surface area contributed by atoms with Crippen LogP contribution in [0.2, 0.25) is 0 Å². The molecule has 0 radical (unpaired) electrons. The summed E-state index contributed by atoms with van der Waals surface area (Å²) in [5.74, 6) is 1.13. The van der Waals surface area contributed by atoms with Crippen LogP contribution in [0.3, 0.4) is 0 Å². The highest BCUT2D eigenvalue weighted by atomic mass is 32.2. The van der Waals surface area contributed by atoms with Crippen molar-refractivity contribution in [2.75, 3.05) is 19.7 Å². The Morgan fingerprint density at radius 3 is 2.52 bits per heavy atom. The van der Waals surface area contributed by atoms with Crippen LogP contribution in [-0.4, -0.2) is 47.4 Å². The van der Waals surface area contributed by atoms with Gasteiger partial charge in [0.25, 0.3) is 0 Å². The molecule has 0 bridgehead atoms. The largest absolute Gasteiger partial charge is 0.492 e. The van der Waals surface area contributed by atoms with Gasteiger partial charge in [-0.3, -0.25) is 0 Å². The average Bonchev–Trinajstić information content (AvgIpc) is 3.15. The lowest BCUT2D eigenvalue weighted by Crippen LogP contribution is -2.50. The first-order valence-corrected chi connectivity index (χ1v) is 10.8. The van der Waals surface area contributed by atoms with Crippen LogP contribution in [0, 0.1) is 0 Å². The van der Waals surface area contributed by atoms with Gasteiger partial charge in [0.2, 0.25) is 10.0 Å². The molecule has 1 aliphatic rings. The first-order chi connectivity index (χ1) is 14.1. The SMILES string of the molecule is CCOc1ccccc1S(=O)(=O)N1CC(n2cc(COc3ccccc3)nn2)C1. The second-order valence-electron chi connectivity index (χ2n) is 6.65. The smallest absolute Gasteiger partial charge is 0.246 e. The van der Waals surface area contributed by atoms with E-state index in [1.807, 2.05) is 37.3 Å². The lowest BCUT2D eigenvalue weighted by Gasteiger charge is -2.37. The zero-order valence-corrected chi connectivity index (χ0v) is 16.8. The Hall–Kier alpha value is -2.91. The van der Waals surface area contributed by atoms with Gasteiger partial charge in [-0.05, 0) is 31.2 Å².